The smallest absolute Gasteiger partial charge is 0.231 e. The SMILES string of the molecule is CC(C)(C)CC(CN)c1nc(CCc2ccccc2)no1. The van der Waals surface area contributed by atoms with Crippen LogP contribution in [-0.4, -0.2) is 16.7 Å². The second kappa shape index (κ2) is 6.85. The zero-order valence-electron chi connectivity index (χ0n) is 13.2. The zero-order chi connectivity index (χ0) is 15.3. The van der Waals surface area contributed by atoms with Gasteiger partial charge in [0, 0.05) is 13.0 Å². The molecule has 1 heterocycles. The van der Waals surface area contributed by atoms with Gasteiger partial charge in [-0.2, -0.15) is 4.98 Å². The maximum absolute atomic E-state index is 5.86. The summed E-state index contributed by atoms with van der Waals surface area (Å²) in [6.07, 6.45) is 2.66. The summed E-state index contributed by atoms with van der Waals surface area (Å²) in [5.41, 5.74) is 7.34. The minimum Gasteiger partial charge on any atom is -0.339 e. The molecule has 1 aromatic heterocycles. The number of rotatable bonds is 6. The lowest BCUT2D eigenvalue weighted by molar-refractivity contribution is 0.286. The number of aryl methyl sites for hydroxylation is 2. The second-order valence-electron chi connectivity index (χ2n) is 6.73. The van der Waals surface area contributed by atoms with E-state index in [0.717, 1.165) is 25.1 Å². The lowest BCUT2D eigenvalue weighted by Crippen LogP contribution is -2.19. The average molecular weight is 287 g/mol. The normalized spacial score (nSPS) is 13.3. The summed E-state index contributed by atoms with van der Waals surface area (Å²) >= 11 is 0. The van der Waals surface area contributed by atoms with Gasteiger partial charge in [-0.3, -0.25) is 0 Å². The number of nitrogens with two attached hydrogens (primary N) is 1. The van der Waals surface area contributed by atoms with Gasteiger partial charge in [-0.25, -0.2) is 0 Å². The van der Waals surface area contributed by atoms with E-state index in [-0.39, 0.29) is 11.3 Å². The predicted octanol–water partition coefficient (Wildman–Crippen LogP) is 3.33. The lowest BCUT2D eigenvalue weighted by atomic mass is 9.84. The Hall–Kier alpha value is -1.68. The highest BCUT2D eigenvalue weighted by molar-refractivity contribution is 5.15. The topological polar surface area (TPSA) is 64.9 Å². The number of nitrogens with zero attached hydrogens (tertiary/aromatic N) is 2. The molecule has 0 amide bonds. The molecule has 2 N–H and O–H groups in total. The van der Waals surface area contributed by atoms with Gasteiger partial charge >= 0.3 is 0 Å². The van der Waals surface area contributed by atoms with Crippen LogP contribution in [0.2, 0.25) is 0 Å². The molecule has 0 aliphatic rings. The summed E-state index contributed by atoms with van der Waals surface area (Å²) in [5, 5.41) is 4.09. The van der Waals surface area contributed by atoms with Gasteiger partial charge in [0.2, 0.25) is 5.89 Å². The third-order valence-electron chi connectivity index (χ3n) is 3.46. The first-order valence-electron chi connectivity index (χ1n) is 7.54. The Bertz CT molecular complexity index is 543. The van der Waals surface area contributed by atoms with Crippen molar-refractivity contribution in [2.24, 2.45) is 11.1 Å². The molecule has 0 aliphatic heterocycles. The summed E-state index contributed by atoms with van der Waals surface area (Å²) in [4.78, 5) is 4.52. The molecule has 0 bridgehead atoms. The van der Waals surface area contributed by atoms with Crippen molar-refractivity contribution in [1.29, 1.82) is 0 Å². The van der Waals surface area contributed by atoms with Gasteiger partial charge < -0.3 is 10.3 Å². The molecule has 0 saturated carbocycles. The molecule has 0 saturated heterocycles. The molecule has 0 spiro atoms. The van der Waals surface area contributed by atoms with Crippen LogP contribution in [0.25, 0.3) is 0 Å². The fourth-order valence-electron chi connectivity index (χ4n) is 2.45. The van der Waals surface area contributed by atoms with Gasteiger partial charge in [0.1, 0.15) is 0 Å². The monoisotopic (exact) mass is 287 g/mol. The van der Waals surface area contributed by atoms with Gasteiger partial charge in [0.15, 0.2) is 5.82 Å². The van der Waals surface area contributed by atoms with Crippen LogP contribution in [0.3, 0.4) is 0 Å². The first-order chi connectivity index (χ1) is 9.98. The molecule has 0 fully saturated rings. The van der Waals surface area contributed by atoms with E-state index in [4.69, 9.17) is 10.3 Å². The van der Waals surface area contributed by atoms with Crippen LogP contribution in [0.5, 0.6) is 0 Å². The Balaban J connectivity index is 1.97. The largest absolute Gasteiger partial charge is 0.339 e. The Kier molecular flexibility index (Phi) is 5.12. The molecular weight excluding hydrogens is 262 g/mol. The highest BCUT2D eigenvalue weighted by atomic mass is 16.5. The maximum atomic E-state index is 5.86. The van der Waals surface area contributed by atoms with Crippen molar-refractivity contribution in [2.45, 2.75) is 46.0 Å². The van der Waals surface area contributed by atoms with Crippen LogP contribution in [0.15, 0.2) is 34.9 Å². The van der Waals surface area contributed by atoms with E-state index >= 15 is 0 Å². The van der Waals surface area contributed by atoms with Crippen molar-refractivity contribution >= 4 is 0 Å². The Morgan fingerprint density at radius 2 is 1.86 bits per heavy atom. The molecule has 4 heteroatoms. The molecule has 114 valence electrons. The third-order valence-corrected chi connectivity index (χ3v) is 3.46. The molecule has 0 radical (unpaired) electrons. The Morgan fingerprint density at radius 3 is 2.48 bits per heavy atom. The molecule has 1 aromatic carbocycles. The van der Waals surface area contributed by atoms with Crippen molar-refractivity contribution in [3.63, 3.8) is 0 Å². The molecule has 0 aliphatic carbocycles. The van der Waals surface area contributed by atoms with Crippen LogP contribution in [0.1, 0.15) is 50.4 Å². The molecule has 4 nitrogen and oxygen atoms in total. The zero-order valence-corrected chi connectivity index (χ0v) is 13.2. The minimum absolute atomic E-state index is 0.142. The van der Waals surface area contributed by atoms with E-state index in [1.165, 1.54) is 5.56 Å². The summed E-state index contributed by atoms with van der Waals surface area (Å²) in [6, 6.07) is 10.3. The third kappa shape index (κ3) is 4.97. The van der Waals surface area contributed by atoms with Crippen molar-refractivity contribution in [1.82, 2.24) is 10.1 Å². The first kappa shape index (κ1) is 15.7. The van der Waals surface area contributed by atoms with E-state index in [1.54, 1.807) is 0 Å². The fraction of sp³-hybridized carbons (Fsp3) is 0.529. The molecule has 2 rings (SSSR count). The molecular formula is C17H25N3O. The van der Waals surface area contributed by atoms with Crippen LogP contribution in [0.4, 0.5) is 0 Å². The number of hydrogen-bond acceptors (Lipinski definition) is 4. The summed E-state index contributed by atoms with van der Waals surface area (Å²) < 4.78 is 5.41. The predicted molar refractivity (Wildman–Crippen MR) is 84.0 cm³/mol. The van der Waals surface area contributed by atoms with Gasteiger partial charge in [-0.05, 0) is 23.8 Å². The minimum atomic E-state index is 0.142. The Morgan fingerprint density at radius 1 is 1.14 bits per heavy atom. The van der Waals surface area contributed by atoms with Gasteiger partial charge in [0.25, 0.3) is 0 Å². The van der Waals surface area contributed by atoms with Crippen molar-refractivity contribution in [3.8, 4) is 0 Å². The number of hydrogen-bond donors (Lipinski definition) is 1. The van der Waals surface area contributed by atoms with E-state index in [1.807, 2.05) is 18.2 Å². The highest BCUT2D eigenvalue weighted by Crippen LogP contribution is 2.29. The molecule has 1 atom stereocenters. The van der Waals surface area contributed by atoms with Crippen LogP contribution < -0.4 is 5.73 Å². The van der Waals surface area contributed by atoms with Crippen molar-refractivity contribution in [3.05, 3.63) is 47.6 Å². The van der Waals surface area contributed by atoms with E-state index in [9.17, 15) is 0 Å². The van der Waals surface area contributed by atoms with Crippen LogP contribution in [-0.2, 0) is 12.8 Å². The van der Waals surface area contributed by atoms with Gasteiger partial charge in [0.05, 0.1) is 5.92 Å². The second-order valence-corrected chi connectivity index (χ2v) is 6.73. The first-order valence-corrected chi connectivity index (χ1v) is 7.54. The standard InChI is InChI=1S/C17H25N3O/c1-17(2,3)11-14(12-18)16-19-15(20-21-16)10-9-13-7-5-4-6-8-13/h4-8,14H,9-12,18H2,1-3H3. The summed E-state index contributed by atoms with van der Waals surface area (Å²) in [7, 11) is 0. The highest BCUT2D eigenvalue weighted by Gasteiger charge is 2.23. The van der Waals surface area contributed by atoms with Crippen LogP contribution >= 0.6 is 0 Å². The molecule has 2 aromatic rings. The quantitative estimate of drug-likeness (QED) is 0.885. The van der Waals surface area contributed by atoms with Gasteiger partial charge in [-0.1, -0.05) is 56.3 Å². The summed E-state index contributed by atoms with van der Waals surface area (Å²) in [5.74, 6) is 1.58. The van der Waals surface area contributed by atoms with Crippen molar-refractivity contribution < 1.29 is 4.52 Å². The fourth-order valence-corrected chi connectivity index (χ4v) is 2.45. The molecule has 1 unspecified atom stereocenters. The Labute approximate surface area is 126 Å². The maximum Gasteiger partial charge on any atom is 0.231 e. The molecule has 21 heavy (non-hydrogen) atoms. The lowest BCUT2D eigenvalue weighted by Gasteiger charge is -2.22. The number of aromatic nitrogens is 2. The summed E-state index contributed by atoms with van der Waals surface area (Å²) in [6.45, 7) is 7.13. The number of benzene rings is 1. The van der Waals surface area contributed by atoms with E-state index in [0.29, 0.717) is 12.4 Å². The van der Waals surface area contributed by atoms with Gasteiger partial charge in [-0.15, -0.1) is 0 Å². The van der Waals surface area contributed by atoms with E-state index in [2.05, 4.69) is 43.0 Å². The van der Waals surface area contributed by atoms with Crippen molar-refractivity contribution in [2.75, 3.05) is 6.54 Å². The van der Waals surface area contributed by atoms with Crippen LogP contribution in [0, 0.1) is 5.41 Å². The van der Waals surface area contributed by atoms with E-state index < -0.39 is 0 Å². The average Bonchev–Trinajstić information content (AvgIpc) is 2.91.